The molecule has 0 aliphatic heterocycles. The Bertz CT molecular complexity index is 355. The van der Waals surface area contributed by atoms with E-state index in [1.807, 2.05) is 18.2 Å². The van der Waals surface area contributed by atoms with E-state index in [0.717, 1.165) is 13.0 Å². The second-order valence-electron chi connectivity index (χ2n) is 3.92. The Kier molecular flexibility index (Phi) is 5.38. The summed E-state index contributed by atoms with van der Waals surface area (Å²) in [4.78, 5) is 0. The van der Waals surface area contributed by atoms with Gasteiger partial charge in [0.05, 0.1) is 12.2 Å². The Morgan fingerprint density at radius 1 is 1.38 bits per heavy atom. The van der Waals surface area contributed by atoms with Crippen LogP contribution in [-0.4, -0.2) is 19.2 Å². The topological polar surface area (TPSA) is 45.0 Å². The zero-order chi connectivity index (χ0) is 11.8. The molecule has 3 nitrogen and oxygen atoms in total. The molecule has 0 saturated heterocycles. The number of nitrogens with one attached hydrogen (secondary N) is 1. The van der Waals surface area contributed by atoms with Crippen LogP contribution in [0.2, 0.25) is 0 Å². The number of nitriles is 1. The van der Waals surface area contributed by atoms with E-state index in [1.165, 1.54) is 0 Å². The maximum atomic E-state index is 8.85. The van der Waals surface area contributed by atoms with Crippen molar-refractivity contribution in [3.05, 3.63) is 29.8 Å². The van der Waals surface area contributed by atoms with Gasteiger partial charge in [0.15, 0.2) is 0 Å². The van der Waals surface area contributed by atoms with Gasteiger partial charge in [-0.1, -0.05) is 26.0 Å². The number of rotatable bonds is 6. The summed E-state index contributed by atoms with van der Waals surface area (Å²) < 4.78 is 5.55. The van der Waals surface area contributed by atoms with Gasteiger partial charge in [-0.2, -0.15) is 5.26 Å². The molecule has 1 aromatic carbocycles. The molecule has 0 aromatic heterocycles. The molecule has 0 aliphatic carbocycles. The molecule has 3 heteroatoms. The van der Waals surface area contributed by atoms with Crippen LogP contribution in [0.5, 0.6) is 5.75 Å². The highest BCUT2D eigenvalue weighted by Gasteiger charge is 2.00. The smallest absolute Gasteiger partial charge is 0.137 e. The maximum Gasteiger partial charge on any atom is 0.137 e. The maximum absolute atomic E-state index is 8.85. The molecule has 16 heavy (non-hydrogen) atoms. The van der Waals surface area contributed by atoms with Crippen molar-refractivity contribution in [3.63, 3.8) is 0 Å². The minimum Gasteiger partial charge on any atom is -0.492 e. The average Bonchev–Trinajstić information content (AvgIpc) is 2.29. The highest BCUT2D eigenvalue weighted by Crippen LogP contribution is 2.16. The molecule has 0 heterocycles. The second-order valence-corrected chi connectivity index (χ2v) is 3.92. The molecule has 0 atom stereocenters. The van der Waals surface area contributed by atoms with Crippen molar-refractivity contribution >= 4 is 0 Å². The Balaban J connectivity index is 2.30. The van der Waals surface area contributed by atoms with E-state index >= 15 is 0 Å². The quantitative estimate of drug-likeness (QED) is 0.745. The molecule has 0 amide bonds. The van der Waals surface area contributed by atoms with Gasteiger partial charge in [-0.15, -0.1) is 0 Å². The number of hydrogen-bond acceptors (Lipinski definition) is 3. The van der Waals surface area contributed by atoms with Crippen LogP contribution in [-0.2, 0) is 0 Å². The molecule has 1 rings (SSSR count). The number of ether oxygens (including phenoxy) is 1. The van der Waals surface area contributed by atoms with Gasteiger partial charge in [0, 0.05) is 6.04 Å². The van der Waals surface area contributed by atoms with Crippen molar-refractivity contribution in [1.29, 1.82) is 5.26 Å². The molecule has 0 saturated carbocycles. The summed E-state index contributed by atoms with van der Waals surface area (Å²) in [5, 5.41) is 12.2. The molecule has 1 N–H and O–H groups in total. The van der Waals surface area contributed by atoms with Crippen molar-refractivity contribution in [2.45, 2.75) is 26.3 Å². The predicted octanol–water partition coefficient (Wildman–Crippen LogP) is 2.33. The fraction of sp³-hybridized carbons (Fsp3) is 0.462. The Hall–Kier alpha value is -1.53. The Labute approximate surface area is 97.0 Å². The fourth-order valence-electron chi connectivity index (χ4n) is 1.33. The molecular formula is C13H18N2O. The second kappa shape index (κ2) is 6.86. The van der Waals surface area contributed by atoms with Crippen LogP contribution < -0.4 is 10.1 Å². The van der Waals surface area contributed by atoms with E-state index < -0.39 is 0 Å². The summed E-state index contributed by atoms with van der Waals surface area (Å²) in [7, 11) is 0. The van der Waals surface area contributed by atoms with Gasteiger partial charge in [-0.3, -0.25) is 0 Å². The summed E-state index contributed by atoms with van der Waals surface area (Å²) in [5.41, 5.74) is 0.597. The lowest BCUT2D eigenvalue weighted by Gasteiger charge is -2.09. The Morgan fingerprint density at radius 2 is 2.12 bits per heavy atom. The lowest BCUT2D eigenvalue weighted by Crippen LogP contribution is -2.24. The summed E-state index contributed by atoms with van der Waals surface area (Å²) in [6.07, 6.45) is 0.942. The summed E-state index contributed by atoms with van der Waals surface area (Å²) in [6, 6.07) is 9.93. The number of nitrogens with zero attached hydrogens (tertiary/aromatic N) is 1. The molecule has 0 radical (unpaired) electrons. The van der Waals surface area contributed by atoms with E-state index in [9.17, 15) is 0 Å². The Morgan fingerprint density at radius 3 is 2.81 bits per heavy atom. The molecular weight excluding hydrogens is 200 g/mol. The number of para-hydroxylation sites is 1. The summed E-state index contributed by atoms with van der Waals surface area (Å²) in [5.74, 6) is 0.676. The van der Waals surface area contributed by atoms with Crippen molar-refractivity contribution in [1.82, 2.24) is 5.32 Å². The van der Waals surface area contributed by atoms with E-state index in [0.29, 0.717) is 24.0 Å². The molecule has 0 aliphatic rings. The van der Waals surface area contributed by atoms with Crippen LogP contribution in [0.15, 0.2) is 24.3 Å². The van der Waals surface area contributed by atoms with Gasteiger partial charge in [0.2, 0.25) is 0 Å². The van der Waals surface area contributed by atoms with Crippen LogP contribution in [0.25, 0.3) is 0 Å². The van der Waals surface area contributed by atoms with Gasteiger partial charge >= 0.3 is 0 Å². The van der Waals surface area contributed by atoms with E-state index in [1.54, 1.807) is 6.07 Å². The lowest BCUT2D eigenvalue weighted by molar-refractivity contribution is 0.305. The molecule has 86 valence electrons. The highest BCUT2D eigenvalue weighted by molar-refractivity contribution is 5.42. The molecule has 1 aromatic rings. The van der Waals surface area contributed by atoms with E-state index in [2.05, 4.69) is 25.2 Å². The number of benzene rings is 1. The summed E-state index contributed by atoms with van der Waals surface area (Å²) >= 11 is 0. The first-order valence-electron chi connectivity index (χ1n) is 5.59. The SMILES string of the molecule is CC(C)NCCCOc1ccccc1C#N. The number of hydrogen-bond donors (Lipinski definition) is 1. The van der Waals surface area contributed by atoms with Gasteiger partial charge in [-0.05, 0) is 25.1 Å². The standard InChI is InChI=1S/C13H18N2O/c1-11(2)15-8-5-9-16-13-7-4-3-6-12(13)10-14/h3-4,6-7,11,15H,5,8-9H2,1-2H3. The third-order valence-electron chi connectivity index (χ3n) is 2.14. The molecule has 0 bridgehead atoms. The van der Waals surface area contributed by atoms with Crippen LogP contribution in [0.3, 0.4) is 0 Å². The van der Waals surface area contributed by atoms with Crippen molar-refractivity contribution < 1.29 is 4.74 Å². The summed E-state index contributed by atoms with van der Waals surface area (Å²) in [6.45, 7) is 5.81. The average molecular weight is 218 g/mol. The zero-order valence-corrected chi connectivity index (χ0v) is 9.86. The third-order valence-corrected chi connectivity index (χ3v) is 2.14. The normalized spacial score (nSPS) is 10.1. The first kappa shape index (κ1) is 12.5. The first-order chi connectivity index (χ1) is 7.74. The van der Waals surface area contributed by atoms with Gasteiger partial charge in [-0.25, -0.2) is 0 Å². The fourth-order valence-corrected chi connectivity index (χ4v) is 1.33. The van der Waals surface area contributed by atoms with Gasteiger partial charge in [0.1, 0.15) is 11.8 Å². The molecule has 0 fully saturated rings. The third kappa shape index (κ3) is 4.33. The van der Waals surface area contributed by atoms with Crippen molar-refractivity contribution in [2.24, 2.45) is 0 Å². The van der Waals surface area contributed by atoms with Crippen LogP contribution >= 0.6 is 0 Å². The monoisotopic (exact) mass is 218 g/mol. The van der Waals surface area contributed by atoms with Crippen LogP contribution in [0.4, 0.5) is 0 Å². The van der Waals surface area contributed by atoms with Gasteiger partial charge in [0.25, 0.3) is 0 Å². The zero-order valence-electron chi connectivity index (χ0n) is 9.86. The first-order valence-corrected chi connectivity index (χ1v) is 5.59. The van der Waals surface area contributed by atoms with Crippen molar-refractivity contribution in [3.8, 4) is 11.8 Å². The molecule has 0 spiro atoms. The largest absolute Gasteiger partial charge is 0.492 e. The lowest BCUT2D eigenvalue weighted by atomic mass is 10.2. The minimum atomic E-state index is 0.506. The van der Waals surface area contributed by atoms with E-state index in [4.69, 9.17) is 10.00 Å². The van der Waals surface area contributed by atoms with Crippen molar-refractivity contribution in [2.75, 3.05) is 13.2 Å². The van der Waals surface area contributed by atoms with Gasteiger partial charge < -0.3 is 10.1 Å². The van der Waals surface area contributed by atoms with Crippen LogP contribution in [0.1, 0.15) is 25.8 Å². The van der Waals surface area contributed by atoms with E-state index in [-0.39, 0.29) is 0 Å². The molecule has 0 unspecified atom stereocenters. The highest BCUT2D eigenvalue weighted by atomic mass is 16.5. The predicted molar refractivity (Wildman–Crippen MR) is 64.4 cm³/mol. The minimum absolute atomic E-state index is 0.506. The van der Waals surface area contributed by atoms with Crippen LogP contribution in [0, 0.1) is 11.3 Å².